The first-order valence-electron chi connectivity index (χ1n) is 9.20. The molecule has 2 aromatic carbocycles. The van der Waals surface area contributed by atoms with Crippen molar-refractivity contribution in [2.24, 2.45) is 0 Å². The Hall–Kier alpha value is -2.50. The molecule has 5 heteroatoms. The van der Waals surface area contributed by atoms with Gasteiger partial charge in [-0.2, -0.15) is 0 Å². The zero-order chi connectivity index (χ0) is 19.8. The monoisotopic (exact) mass is 407 g/mol. The summed E-state index contributed by atoms with van der Waals surface area (Å²) < 4.78 is 0. The van der Waals surface area contributed by atoms with Crippen molar-refractivity contribution in [1.82, 2.24) is 10.3 Å². The van der Waals surface area contributed by atoms with Gasteiger partial charge in [-0.3, -0.25) is 0 Å². The average molecular weight is 408 g/mol. The molecular weight excluding hydrogens is 382 g/mol. The van der Waals surface area contributed by atoms with Crippen LogP contribution in [-0.2, 0) is 6.54 Å². The van der Waals surface area contributed by atoms with Gasteiger partial charge in [-0.25, -0.2) is 4.98 Å². The molecule has 2 N–H and O–H groups in total. The van der Waals surface area contributed by atoms with Crippen molar-refractivity contribution in [3.05, 3.63) is 93.7 Å². The molecule has 1 heterocycles. The van der Waals surface area contributed by atoms with Crippen LogP contribution in [0.2, 0.25) is 0 Å². The van der Waals surface area contributed by atoms with E-state index in [4.69, 9.17) is 4.98 Å². The summed E-state index contributed by atoms with van der Waals surface area (Å²) in [5.41, 5.74) is 4.66. The van der Waals surface area contributed by atoms with E-state index in [1.54, 1.807) is 23.1 Å². The maximum absolute atomic E-state index is 4.70. The largest absolute Gasteiger partial charge is 0.376 e. The Kier molecular flexibility index (Phi) is 7.34. The zero-order valence-corrected chi connectivity index (χ0v) is 17.9. The van der Waals surface area contributed by atoms with Crippen molar-refractivity contribution >= 4 is 28.2 Å². The average Bonchev–Trinajstić information content (AvgIpc) is 3.20. The van der Waals surface area contributed by atoms with E-state index in [1.165, 1.54) is 16.0 Å². The molecule has 0 unspecified atom stereocenters. The minimum Gasteiger partial charge on any atom is -0.376 e. The second-order valence-corrected chi connectivity index (χ2v) is 8.46. The first kappa shape index (κ1) is 20.2. The molecule has 28 heavy (non-hydrogen) atoms. The van der Waals surface area contributed by atoms with Gasteiger partial charge >= 0.3 is 0 Å². The van der Waals surface area contributed by atoms with Crippen LogP contribution < -0.4 is 10.6 Å². The fraction of sp³-hybridized carbons (Fsp3) is 0.174. The molecule has 0 amide bonds. The molecule has 1 aromatic heterocycles. The normalized spacial score (nSPS) is 11.3. The van der Waals surface area contributed by atoms with Crippen molar-refractivity contribution in [2.75, 3.05) is 11.9 Å². The summed E-state index contributed by atoms with van der Waals surface area (Å²) in [7, 11) is 0. The van der Waals surface area contributed by atoms with Gasteiger partial charge in [0.1, 0.15) is 0 Å². The van der Waals surface area contributed by atoms with E-state index in [0.717, 1.165) is 34.5 Å². The maximum Gasteiger partial charge on any atom is 0.183 e. The van der Waals surface area contributed by atoms with Crippen molar-refractivity contribution in [3.8, 4) is 11.3 Å². The topological polar surface area (TPSA) is 37.0 Å². The highest BCUT2D eigenvalue weighted by atomic mass is 32.2. The number of hydrogen-bond acceptors (Lipinski definition) is 5. The first-order valence-corrected chi connectivity index (χ1v) is 10.9. The Morgan fingerprint density at radius 3 is 2.61 bits per heavy atom. The lowest BCUT2D eigenvalue weighted by Gasteiger charge is -2.12. The third kappa shape index (κ3) is 6.01. The molecular formula is C23H25N3S2. The van der Waals surface area contributed by atoms with Crippen LogP contribution in [0, 0.1) is 6.92 Å². The summed E-state index contributed by atoms with van der Waals surface area (Å²) in [6, 6.07) is 18.8. The van der Waals surface area contributed by atoms with E-state index in [2.05, 4.69) is 72.0 Å². The number of thioether (sulfide) groups is 1. The molecule has 144 valence electrons. The Bertz CT molecular complexity index is 928. The standard InChI is InChI=1S/C23H25N3S2/c1-4-21(28-18(3)24-14-19-8-6-5-7-9-19)15-25-23-26-22(16-27-23)20-12-10-17(2)11-13-20/h4-13,16,24H,3,14-15H2,1-2H3,(H,25,26)/b21-4-. The van der Waals surface area contributed by atoms with Crippen LogP contribution in [0.4, 0.5) is 5.13 Å². The highest BCUT2D eigenvalue weighted by Gasteiger charge is 2.06. The van der Waals surface area contributed by atoms with Crippen molar-refractivity contribution in [3.63, 3.8) is 0 Å². The number of benzene rings is 2. The fourth-order valence-corrected chi connectivity index (χ4v) is 4.00. The van der Waals surface area contributed by atoms with Gasteiger partial charge in [-0.1, -0.05) is 84.6 Å². The second-order valence-electron chi connectivity index (χ2n) is 6.38. The molecule has 3 nitrogen and oxygen atoms in total. The van der Waals surface area contributed by atoms with Crippen molar-refractivity contribution < 1.29 is 0 Å². The van der Waals surface area contributed by atoms with E-state index >= 15 is 0 Å². The number of aromatic nitrogens is 1. The van der Waals surface area contributed by atoms with E-state index in [-0.39, 0.29) is 0 Å². The zero-order valence-electron chi connectivity index (χ0n) is 16.2. The van der Waals surface area contributed by atoms with E-state index < -0.39 is 0 Å². The lowest BCUT2D eigenvalue weighted by Crippen LogP contribution is -2.11. The summed E-state index contributed by atoms with van der Waals surface area (Å²) in [5.74, 6) is 0. The Morgan fingerprint density at radius 2 is 1.89 bits per heavy atom. The highest BCUT2D eigenvalue weighted by Crippen LogP contribution is 2.27. The third-order valence-corrected chi connectivity index (χ3v) is 6.01. The van der Waals surface area contributed by atoms with Crippen LogP contribution in [0.5, 0.6) is 0 Å². The number of hydrogen-bond donors (Lipinski definition) is 2. The molecule has 0 bridgehead atoms. The number of thiazole rings is 1. The Balaban J connectivity index is 1.49. The van der Waals surface area contributed by atoms with Crippen molar-refractivity contribution in [1.29, 1.82) is 0 Å². The van der Waals surface area contributed by atoms with Gasteiger partial charge in [0.2, 0.25) is 0 Å². The molecule has 0 saturated heterocycles. The molecule has 0 fully saturated rings. The van der Waals surface area contributed by atoms with Gasteiger partial charge in [0.15, 0.2) is 5.13 Å². The molecule has 3 aromatic rings. The fourth-order valence-electron chi connectivity index (χ4n) is 2.56. The summed E-state index contributed by atoms with van der Waals surface area (Å²) >= 11 is 3.29. The third-order valence-electron chi connectivity index (χ3n) is 4.17. The number of rotatable bonds is 9. The van der Waals surface area contributed by atoms with Crippen LogP contribution in [0.25, 0.3) is 11.3 Å². The minimum absolute atomic E-state index is 0.730. The number of anilines is 1. The predicted octanol–water partition coefficient (Wildman–Crippen LogP) is 6.43. The number of aryl methyl sites for hydroxylation is 1. The lowest BCUT2D eigenvalue weighted by molar-refractivity contribution is 0.860. The summed E-state index contributed by atoms with van der Waals surface area (Å²) in [6.45, 7) is 9.79. The van der Waals surface area contributed by atoms with Crippen LogP contribution >= 0.6 is 23.1 Å². The summed E-state index contributed by atoms with van der Waals surface area (Å²) in [6.07, 6.45) is 2.11. The van der Waals surface area contributed by atoms with Gasteiger partial charge in [0, 0.05) is 28.9 Å². The number of nitrogens with zero attached hydrogens (tertiary/aromatic N) is 1. The minimum atomic E-state index is 0.730. The Labute approximate surface area is 175 Å². The summed E-state index contributed by atoms with van der Waals surface area (Å²) in [5, 5.41) is 10.8. The molecule has 0 atom stereocenters. The van der Waals surface area contributed by atoms with Gasteiger partial charge in [-0.05, 0) is 19.4 Å². The van der Waals surface area contributed by atoms with Crippen LogP contribution in [0.15, 0.2) is 82.6 Å². The molecule has 0 saturated carbocycles. The van der Waals surface area contributed by atoms with Gasteiger partial charge in [0.05, 0.1) is 10.7 Å². The quantitative estimate of drug-likeness (QED) is 0.429. The van der Waals surface area contributed by atoms with Crippen LogP contribution in [-0.4, -0.2) is 11.5 Å². The molecule has 3 rings (SSSR count). The van der Waals surface area contributed by atoms with E-state index in [9.17, 15) is 0 Å². The van der Waals surface area contributed by atoms with Crippen molar-refractivity contribution in [2.45, 2.75) is 20.4 Å². The molecule has 0 aliphatic rings. The van der Waals surface area contributed by atoms with Gasteiger partial charge in [-0.15, -0.1) is 11.3 Å². The Morgan fingerprint density at radius 1 is 1.14 bits per heavy atom. The van der Waals surface area contributed by atoms with Gasteiger partial charge in [0.25, 0.3) is 0 Å². The highest BCUT2D eigenvalue weighted by molar-refractivity contribution is 8.06. The first-order chi connectivity index (χ1) is 13.6. The molecule has 0 aliphatic carbocycles. The van der Waals surface area contributed by atoms with E-state index in [0.29, 0.717) is 0 Å². The SMILES string of the molecule is C=C(NCc1ccccc1)S/C(=C\C)CNc1nc(-c2ccc(C)cc2)cs1. The molecule has 0 spiro atoms. The summed E-state index contributed by atoms with van der Waals surface area (Å²) in [4.78, 5) is 5.91. The smallest absolute Gasteiger partial charge is 0.183 e. The second kappa shape index (κ2) is 10.2. The molecule has 0 radical (unpaired) electrons. The molecule has 0 aliphatic heterocycles. The van der Waals surface area contributed by atoms with Crippen LogP contribution in [0.3, 0.4) is 0 Å². The van der Waals surface area contributed by atoms with Gasteiger partial charge < -0.3 is 10.6 Å². The predicted molar refractivity (Wildman–Crippen MR) is 125 cm³/mol. The van der Waals surface area contributed by atoms with E-state index in [1.807, 2.05) is 25.1 Å². The van der Waals surface area contributed by atoms with Crippen LogP contribution in [0.1, 0.15) is 18.1 Å². The number of allylic oxidation sites excluding steroid dienone is 1. The lowest BCUT2D eigenvalue weighted by atomic mass is 10.1. The number of nitrogens with one attached hydrogen (secondary N) is 2. The maximum atomic E-state index is 4.70.